The normalized spacial score (nSPS) is 9.56. The smallest absolute Gasteiger partial charge is 0.344 e. The zero-order valence-corrected chi connectivity index (χ0v) is 8.80. The number of rotatable bonds is 5. The molecule has 0 heterocycles. The van der Waals surface area contributed by atoms with Gasteiger partial charge in [0.15, 0.2) is 12.9 Å². The number of aromatic hydroxyl groups is 1. The molecule has 1 N–H and O–H groups in total. The monoisotopic (exact) mass is 224 g/mol. The molecule has 86 valence electrons. The molecular weight excluding hydrogens is 212 g/mol. The lowest BCUT2D eigenvalue weighted by molar-refractivity contribution is -0.145. The standard InChI is InChI=1S/C11H12O5/c1-2-15-11(14)7-16-10-5-9(13)4-3-8(10)6-12/h3-6,13H,2,7H2,1H3. The van der Waals surface area contributed by atoms with Crippen LogP contribution in [0.1, 0.15) is 17.3 Å². The van der Waals surface area contributed by atoms with E-state index in [2.05, 4.69) is 4.74 Å². The van der Waals surface area contributed by atoms with E-state index in [1.54, 1.807) is 6.92 Å². The van der Waals surface area contributed by atoms with Crippen LogP contribution in [0.4, 0.5) is 0 Å². The number of hydrogen-bond donors (Lipinski definition) is 1. The van der Waals surface area contributed by atoms with E-state index in [0.717, 1.165) is 0 Å². The summed E-state index contributed by atoms with van der Waals surface area (Å²) in [7, 11) is 0. The van der Waals surface area contributed by atoms with Crippen LogP contribution in [-0.4, -0.2) is 30.6 Å². The van der Waals surface area contributed by atoms with E-state index in [0.29, 0.717) is 6.29 Å². The number of phenols is 1. The average Bonchev–Trinajstić information content (AvgIpc) is 2.27. The molecule has 0 spiro atoms. The fraction of sp³-hybridized carbons (Fsp3) is 0.273. The Balaban J connectivity index is 2.68. The van der Waals surface area contributed by atoms with Crippen molar-refractivity contribution in [1.29, 1.82) is 0 Å². The minimum atomic E-state index is -0.525. The van der Waals surface area contributed by atoms with E-state index in [1.165, 1.54) is 18.2 Å². The molecule has 5 heteroatoms. The zero-order valence-electron chi connectivity index (χ0n) is 8.80. The van der Waals surface area contributed by atoms with Gasteiger partial charge in [-0.25, -0.2) is 4.79 Å². The number of benzene rings is 1. The molecule has 0 bridgehead atoms. The van der Waals surface area contributed by atoms with E-state index in [4.69, 9.17) is 4.74 Å². The third-order valence-electron chi connectivity index (χ3n) is 1.77. The fourth-order valence-electron chi connectivity index (χ4n) is 1.08. The van der Waals surface area contributed by atoms with Crippen molar-refractivity contribution < 1.29 is 24.2 Å². The van der Waals surface area contributed by atoms with Gasteiger partial charge in [0.25, 0.3) is 0 Å². The maximum Gasteiger partial charge on any atom is 0.344 e. The van der Waals surface area contributed by atoms with Gasteiger partial charge < -0.3 is 14.6 Å². The summed E-state index contributed by atoms with van der Waals surface area (Å²) in [6.45, 7) is 1.66. The summed E-state index contributed by atoms with van der Waals surface area (Å²) >= 11 is 0. The first-order chi connectivity index (χ1) is 7.67. The summed E-state index contributed by atoms with van der Waals surface area (Å²) in [5.74, 6) is -0.407. The Morgan fingerprint density at radius 2 is 2.25 bits per heavy atom. The Bertz CT molecular complexity index is 386. The van der Waals surface area contributed by atoms with Crippen LogP contribution >= 0.6 is 0 Å². The van der Waals surface area contributed by atoms with Crippen molar-refractivity contribution in [1.82, 2.24) is 0 Å². The molecule has 1 rings (SSSR count). The molecule has 16 heavy (non-hydrogen) atoms. The number of phenolic OH excluding ortho intramolecular Hbond substituents is 1. The summed E-state index contributed by atoms with van der Waals surface area (Å²) in [5.41, 5.74) is 0.266. The molecule has 0 amide bonds. The van der Waals surface area contributed by atoms with Gasteiger partial charge in [-0.3, -0.25) is 4.79 Å². The first-order valence-corrected chi connectivity index (χ1v) is 4.74. The molecule has 0 saturated heterocycles. The molecule has 0 aliphatic carbocycles. The third-order valence-corrected chi connectivity index (χ3v) is 1.77. The van der Waals surface area contributed by atoms with Crippen LogP contribution in [0.3, 0.4) is 0 Å². The molecule has 5 nitrogen and oxygen atoms in total. The van der Waals surface area contributed by atoms with Crippen molar-refractivity contribution in [2.45, 2.75) is 6.92 Å². The Morgan fingerprint density at radius 3 is 2.88 bits per heavy atom. The topological polar surface area (TPSA) is 72.8 Å². The first kappa shape index (κ1) is 12.0. The molecule has 0 aliphatic heterocycles. The SMILES string of the molecule is CCOC(=O)COc1cc(O)ccc1C=O. The second-order valence-corrected chi connectivity index (χ2v) is 2.93. The van der Waals surface area contributed by atoms with Gasteiger partial charge in [0.2, 0.25) is 0 Å². The highest BCUT2D eigenvalue weighted by Gasteiger charge is 2.07. The molecule has 1 aromatic rings. The molecule has 1 aromatic carbocycles. The van der Waals surface area contributed by atoms with Gasteiger partial charge in [-0.1, -0.05) is 0 Å². The van der Waals surface area contributed by atoms with Crippen molar-refractivity contribution in [3.63, 3.8) is 0 Å². The predicted molar refractivity (Wildman–Crippen MR) is 55.6 cm³/mol. The molecule has 0 aliphatic rings. The van der Waals surface area contributed by atoms with Crippen molar-refractivity contribution in [2.24, 2.45) is 0 Å². The van der Waals surface area contributed by atoms with Crippen LogP contribution in [0, 0.1) is 0 Å². The quantitative estimate of drug-likeness (QED) is 0.599. The number of hydrogen-bond acceptors (Lipinski definition) is 5. The Hall–Kier alpha value is -2.04. The highest BCUT2D eigenvalue weighted by atomic mass is 16.6. The van der Waals surface area contributed by atoms with Crippen molar-refractivity contribution in [2.75, 3.05) is 13.2 Å². The van der Waals surface area contributed by atoms with Crippen molar-refractivity contribution >= 4 is 12.3 Å². The van der Waals surface area contributed by atoms with Gasteiger partial charge in [-0.05, 0) is 19.1 Å². The van der Waals surface area contributed by atoms with Gasteiger partial charge in [0.1, 0.15) is 11.5 Å². The number of aldehydes is 1. The van der Waals surface area contributed by atoms with Gasteiger partial charge in [0.05, 0.1) is 12.2 Å². The summed E-state index contributed by atoms with van der Waals surface area (Å²) in [6, 6.07) is 4.03. The Morgan fingerprint density at radius 1 is 1.50 bits per heavy atom. The minimum Gasteiger partial charge on any atom is -0.508 e. The van der Waals surface area contributed by atoms with Crippen molar-refractivity contribution in [3.8, 4) is 11.5 Å². The van der Waals surface area contributed by atoms with E-state index >= 15 is 0 Å². The lowest BCUT2D eigenvalue weighted by Crippen LogP contribution is -2.15. The van der Waals surface area contributed by atoms with E-state index in [1.807, 2.05) is 0 Å². The maximum atomic E-state index is 11.0. The van der Waals surface area contributed by atoms with Crippen LogP contribution in [-0.2, 0) is 9.53 Å². The van der Waals surface area contributed by atoms with Crippen LogP contribution < -0.4 is 4.74 Å². The van der Waals surface area contributed by atoms with E-state index in [9.17, 15) is 14.7 Å². The van der Waals surface area contributed by atoms with Crippen molar-refractivity contribution in [3.05, 3.63) is 23.8 Å². The second-order valence-electron chi connectivity index (χ2n) is 2.93. The number of ether oxygens (including phenoxy) is 2. The van der Waals surface area contributed by atoms with Crippen LogP contribution in [0.15, 0.2) is 18.2 Å². The minimum absolute atomic E-state index is 0.0375. The average molecular weight is 224 g/mol. The molecule has 0 aromatic heterocycles. The molecule has 0 fully saturated rings. The van der Waals surface area contributed by atoms with Gasteiger partial charge in [0, 0.05) is 6.07 Å². The van der Waals surface area contributed by atoms with E-state index in [-0.39, 0.29) is 30.3 Å². The Kier molecular flexibility index (Phi) is 4.32. The summed E-state index contributed by atoms with van der Waals surface area (Å²) in [4.78, 5) is 21.6. The van der Waals surface area contributed by atoms with Crippen LogP contribution in [0.5, 0.6) is 11.5 Å². The lowest BCUT2D eigenvalue weighted by Gasteiger charge is -2.07. The summed E-state index contributed by atoms with van der Waals surface area (Å²) < 4.78 is 9.71. The summed E-state index contributed by atoms with van der Waals surface area (Å²) in [6.07, 6.45) is 0.583. The molecule has 0 atom stereocenters. The molecule has 0 unspecified atom stereocenters. The zero-order chi connectivity index (χ0) is 12.0. The number of carbonyl (C=O) groups excluding carboxylic acids is 2. The fourth-order valence-corrected chi connectivity index (χ4v) is 1.08. The first-order valence-electron chi connectivity index (χ1n) is 4.74. The van der Waals surface area contributed by atoms with Gasteiger partial charge >= 0.3 is 5.97 Å². The highest BCUT2D eigenvalue weighted by molar-refractivity contribution is 5.80. The number of esters is 1. The largest absolute Gasteiger partial charge is 0.508 e. The highest BCUT2D eigenvalue weighted by Crippen LogP contribution is 2.22. The van der Waals surface area contributed by atoms with Gasteiger partial charge in [-0.2, -0.15) is 0 Å². The van der Waals surface area contributed by atoms with Crippen LogP contribution in [0.2, 0.25) is 0 Å². The molecule has 0 saturated carbocycles. The molecular formula is C11H12O5. The lowest BCUT2D eigenvalue weighted by atomic mass is 10.2. The second kappa shape index (κ2) is 5.75. The number of carbonyl (C=O) groups is 2. The van der Waals surface area contributed by atoms with Gasteiger partial charge in [-0.15, -0.1) is 0 Å². The van der Waals surface area contributed by atoms with Crippen LogP contribution in [0.25, 0.3) is 0 Å². The maximum absolute atomic E-state index is 11.0. The predicted octanol–water partition coefficient (Wildman–Crippen LogP) is 1.15. The summed E-state index contributed by atoms with van der Waals surface area (Å²) in [5, 5.41) is 9.19. The van der Waals surface area contributed by atoms with E-state index < -0.39 is 5.97 Å². The molecule has 0 radical (unpaired) electrons. The Labute approximate surface area is 92.6 Å². The third kappa shape index (κ3) is 3.27.